The molecular weight excluding hydrogens is 867 g/mol. The van der Waals surface area contributed by atoms with E-state index in [1.807, 2.05) is 20.1 Å². The Morgan fingerprint density at radius 2 is 1.35 bits per heavy atom. The van der Waals surface area contributed by atoms with Gasteiger partial charge in [-0.2, -0.15) is 11.8 Å². The number of hydrogen-bond donors (Lipinski definition) is 12. The predicted molar refractivity (Wildman–Crippen MR) is 243 cm³/mol. The number of aliphatic imine (C=N–C) groups is 1. The molecule has 1 aliphatic heterocycles. The molecule has 0 radical (unpaired) electrons. The van der Waals surface area contributed by atoms with Crippen LogP contribution >= 0.6 is 11.8 Å². The molecule has 1 aliphatic rings. The van der Waals surface area contributed by atoms with Crippen molar-refractivity contribution in [2.75, 3.05) is 44.8 Å². The summed E-state index contributed by atoms with van der Waals surface area (Å²) in [5, 5.41) is 27.6. The number of nitrogens with zero attached hydrogens (tertiary/aromatic N) is 2. The van der Waals surface area contributed by atoms with Gasteiger partial charge in [0.05, 0.1) is 25.7 Å². The second-order valence-corrected chi connectivity index (χ2v) is 17.0. The fourth-order valence-electron chi connectivity index (χ4n) is 6.70. The van der Waals surface area contributed by atoms with Crippen LogP contribution in [0.25, 0.3) is 0 Å². The van der Waals surface area contributed by atoms with Gasteiger partial charge in [0.1, 0.15) is 36.3 Å². The summed E-state index contributed by atoms with van der Waals surface area (Å²) < 4.78 is 0. The lowest BCUT2D eigenvalue weighted by molar-refractivity contribution is -0.140. The first kappa shape index (κ1) is 55.1. The number of primary amides is 1. The van der Waals surface area contributed by atoms with Gasteiger partial charge in [-0.1, -0.05) is 44.2 Å². The van der Waals surface area contributed by atoms with E-state index < -0.39 is 115 Å². The summed E-state index contributed by atoms with van der Waals surface area (Å²) >= 11 is 1.42. The monoisotopic (exact) mass is 933 g/mol. The molecule has 2 rings (SSSR count). The number of thioether (sulfide) groups is 1. The number of amides is 9. The van der Waals surface area contributed by atoms with Gasteiger partial charge in [0.25, 0.3) is 0 Å². The zero-order valence-electron chi connectivity index (χ0n) is 37.4. The molecule has 1 aromatic rings. The maximum atomic E-state index is 13.9. The first-order valence-corrected chi connectivity index (χ1v) is 22.8. The normalized spacial score (nSPS) is 16.0. The van der Waals surface area contributed by atoms with Crippen LogP contribution < -0.4 is 60.2 Å². The van der Waals surface area contributed by atoms with E-state index in [2.05, 4.69) is 42.2 Å². The highest BCUT2D eigenvalue weighted by atomic mass is 32.2. The first-order valence-electron chi connectivity index (χ1n) is 21.4. The topological polar surface area (TPSA) is 378 Å². The van der Waals surface area contributed by atoms with E-state index in [9.17, 15) is 48.3 Å². The lowest BCUT2D eigenvalue weighted by atomic mass is 10.0. The average Bonchev–Trinajstić information content (AvgIpc) is 3.75. The molecule has 362 valence electrons. The molecule has 24 heteroatoms. The van der Waals surface area contributed by atoms with E-state index in [0.717, 1.165) is 0 Å². The Kier molecular flexibility index (Phi) is 24.4. The first-order chi connectivity index (χ1) is 30.8. The van der Waals surface area contributed by atoms with Crippen molar-refractivity contribution in [3.05, 3.63) is 35.9 Å². The molecule has 65 heavy (non-hydrogen) atoms. The van der Waals surface area contributed by atoms with Crippen LogP contribution in [0.2, 0.25) is 0 Å². The zero-order valence-corrected chi connectivity index (χ0v) is 38.2. The third-order valence-corrected chi connectivity index (χ3v) is 10.7. The number of guanidine groups is 1. The fourth-order valence-corrected chi connectivity index (χ4v) is 7.17. The Hall–Kier alpha value is -6.01. The fraction of sp³-hybridized carbons (Fsp3) is 0.610. The zero-order chi connectivity index (χ0) is 48.6. The Bertz CT molecular complexity index is 1820. The van der Waals surface area contributed by atoms with Crippen molar-refractivity contribution in [2.24, 2.45) is 33.8 Å². The minimum Gasteiger partial charge on any atom is -0.394 e. The summed E-state index contributed by atoms with van der Waals surface area (Å²) in [4.78, 5) is 123. The quantitative estimate of drug-likeness (QED) is 0.0214. The van der Waals surface area contributed by atoms with E-state index >= 15 is 0 Å². The largest absolute Gasteiger partial charge is 0.394 e. The number of aliphatic hydroxyl groups excluding tert-OH is 1. The Balaban J connectivity index is 2.11. The van der Waals surface area contributed by atoms with E-state index in [1.54, 1.807) is 30.3 Å². The second kappa shape index (κ2) is 28.7. The molecule has 7 atom stereocenters. The van der Waals surface area contributed by atoms with Crippen LogP contribution in [0.3, 0.4) is 0 Å². The number of aliphatic hydroxyl groups is 1. The SMILES string of the molecule is CSCC[C@H](NC(=O)CNC(=O)[C@H](CC(C)C)NC(=O)[C@H](Cc1ccccc1)NC(=O)CNC(=O)[C@H](CO)NC(=O)[C@@H]1CCCN1C(=O)[C@H](C)N)C(=O)N[C@@H](CCCN=C(N)N)C(N)=O. The molecule has 16 N–H and O–H groups in total. The summed E-state index contributed by atoms with van der Waals surface area (Å²) in [6, 6.07) is 0.896. The lowest BCUT2D eigenvalue weighted by Crippen LogP contribution is -2.58. The number of hydrogen-bond acceptors (Lipinski definition) is 13. The van der Waals surface area contributed by atoms with Crippen molar-refractivity contribution >= 4 is 70.9 Å². The second-order valence-electron chi connectivity index (χ2n) is 16.0. The lowest BCUT2D eigenvalue weighted by Gasteiger charge is -2.27. The van der Waals surface area contributed by atoms with Gasteiger partial charge in [0.15, 0.2) is 5.96 Å². The van der Waals surface area contributed by atoms with Crippen molar-refractivity contribution in [2.45, 2.75) is 108 Å². The minimum absolute atomic E-state index is 0.0233. The maximum Gasteiger partial charge on any atom is 0.245 e. The molecule has 1 saturated heterocycles. The Morgan fingerprint density at radius 3 is 1.91 bits per heavy atom. The smallest absolute Gasteiger partial charge is 0.245 e. The highest BCUT2D eigenvalue weighted by molar-refractivity contribution is 7.98. The van der Waals surface area contributed by atoms with Crippen LogP contribution in [0.4, 0.5) is 0 Å². The molecular formula is C41H67N13O10S. The van der Waals surface area contributed by atoms with Crippen molar-refractivity contribution < 1.29 is 48.3 Å². The third-order valence-electron chi connectivity index (χ3n) is 10.0. The highest BCUT2D eigenvalue weighted by Crippen LogP contribution is 2.18. The number of rotatable bonds is 28. The molecule has 9 amide bonds. The summed E-state index contributed by atoms with van der Waals surface area (Å²) in [5.74, 6) is -6.26. The summed E-state index contributed by atoms with van der Waals surface area (Å²) in [6.07, 6.45) is 3.45. The predicted octanol–water partition coefficient (Wildman–Crippen LogP) is -4.45. The van der Waals surface area contributed by atoms with Crippen LogP contribution in [0.15, 0.2) is 35.3 Å². The average molecular weight is 934 g/mol. The number of nitrogens with two attached hydrogens (primary N) is 4. The van der Waals surface area contributed by atoms with Gasteiger partial charge in [-0.3, -0.25) is 48.1 Å². The number of nitrogens with one attached hydrogen (secondary N) is 7. The van der Waals surface area contributed by atoms with Crippen LogP contribution in [0, 0.1) is 5.92 Å². The molecule has 0 bridgehead atoms. The molecule has 0 saturated carbocycles. The Labute approximate surface area is 382 Å². The summed E-state index contributed by atoms with van der Waals surface area (Å²) in [5.41, 5.74) is 22.5. The van der Waals surface area contributed by atoms with Gasteiger partial charge in [0, 0.05) is 19.5 Å². The van der Waals surface area contributed by atoms with Crippen LogP contribution in [-0.2, 0) is 49.6 Å². The molecule has 23 nitrogen and oxygen atoms in total. The number of carbonyl (C=O) groups excluding carboxylic acids is 9. The van der Waals surface area contributed by atoms with Crippen LogP contribution in [-0.4, -0.2) is 156 Å². The van der Waals surface area contributed by atoms with Crippen molar-refractivity contribution in [1.29, 1.82) is 0 Å². The van der Waals surface area contributed by atoms with E-state index in [4.69, 9.17) is 22.9 Å². The molecule has 0 aromatic heterocycles. The molecule has 1 heterocycles. The van der Waals surface area contributed by atoms with Gasteiger partial charge in [0.2, 0.25) is 53.2 Å². The molecule has 1 fully saturated rings. The van der Waals surface area contributed by atoms with Crippen LogP contribution in [0.1, 0.15) is 64.9 Å². The highest BCUT2D eigenvalue weighted by Gasteiger charge is 2.37. The number of carbonyl (C=O) groups is 9. The molecule has 0 aliphatic carbocycles. The third kappa shape index (κ3) is 20.1. The van der Waals surface area contributed by atoms with Crippen molar-refractivity contribution in [1.82, 2.24) is 42.1 Å². The maximum absolute atomic E-state index is 13.9. The van der Waals surface area contributed by atoms with Gasteiger partial charge in [-0.15, -0.1) is 0 Å². The van der Waals surface area contributed by atoms with Crippen molar-refractivity contribution in [3.8, 4) is 0 Å². The standard InChI is InChI=1S/C41H67N13O10S/c1-23(2)18-28(35(59)47-20-32(56)49-27(14-17-65-4)37(61)51-26(34(43)58)12-8-15-46-41(44)45)52-38(62)29(19-25-10-6-5-7-11-25)50-33(57)21-48-36(60)30(22-55)53-39(63)31-13-9-16-54(31)40(64)24(3)42/h5-7,10-11,23-24,26-31,55H,8-9,12-22,42H2,1-4H3,(H2,43,58)(H,47,59)(H,48,60)(H,49,56)(H,50,57)(H,51,61)(H,52,62)(H,53,63)(H4,44,45,46)/t24-,26-,27-,28-,29-,30-,31-/m0/s1. The molecule has 1 aromatic carbocycles. The van der Waals surface area contributed by atoms with Gasteiger partial charge in [-0.05, 0) is 68.9 Å². The van der Waals surface area contributed by atoms with Gasteiger partial charge in [-0.25, -0.2) is 0 Å². The van der Waals surface area contributed by atoms with Gasteiger partial charge < -0.3 is 70.2 Å². The number of likely N-dealkylation sites (tertiary alicyclic amines) is 1. The van der Waals surface area contributed by atoms with Crippen molar-refractivity contribution in [3.63, 3.8) is 0 Å². The van der Waals surface area contributed by atoms with E-state index in [-0.39, 0.29) is 44.1 Å². The minimum atomic E-state index is -1.46. The molecule has 0 spiro atoms. The summed E-state index contributed by atoms with van der Waals surface area (Å²) in [6.45, 7) is 3.57. The molecule has 0 unspecified atom stereocenters. The van der Waals surface area contributed by atoms with E-state index in [0.29, 0.717) is 37.1 Å². The van der Waals surface area contributed by atoms with Crippen LogP contribution in [0.5, 0.6) is 0 Å². The number of benzene rings is 1. The van der Waals surface area contributed by atoms with E-state index in [1.165, 1.54) is 23.6 Å². The Morgan fingerprint density at radius 1 is 0.769 bits per heavy atom. The summed E-state index contributed by atoms with van der Waals surface area (Å²) in [7, 11) is 0. The van der Waals surface area contributed by atoms with Gasteiger partial charge >= 0.3 is 0 Å².